The molecule has 0 unspecified atom stereocenters. The number of aromatic nitrogens is 3. The highest BCUT2D eigenvalue weighted by atomic mass is 19.4. The van der Waals surface area contributed by atoms with E-state index in [-0.39, 0.29) is 24.4 Å². The van der Waals surface area contributed by atoms with Gasteiger partial charge in [-0.15, -0.1) is 0 Å². The number of alkyl halides is 3. The predicted octanol–water partition coefficient (Wildman–Crippen LogP) is 3.74. The van der Waals surface area contributed by atoms with Gasteiger partial charge >= 0.3 is 6.18 Å². The second-order valence-corrected chi connectivity index (χ2v) is 10.1. The zero-order valence-electron chi connectivity index (χ0n) is 22.6. The Bertz CT molecular complexity index is 1360. The molecule has 1 fully saturated rings. The van der Waals surface area contributed by atoms with Gasteiger partial charge in [-0.3, -0.25) is 4.79 Å². The summed E-state index contributed by atoms with van der Waals surface area (Å²) < 4.78 is 39.8. The second-order valence-electron chi connectivity index (χ2n) is 10.1. The molecule has 0 atom stereocenters. The van der Waals surface area contributed by atoms with Crippen molar-refractivity contribution in [1.29, 1.82) is 0 Å². The maximum absolute atomic E-state index is 13.3. The molecule has 3 aromatic rings. The van der Waals surface area contributed by atoms with Gasteiger partial charge in [0.2, 0.25) is 17.8 Å². The molecule has 0 bridgehead atoms. The molecular weight excluding hydrogens is 521 g/mol. The summed E-state index contributed by atoms with van der Waals surface area (Å²) >= 11 is 0. The standard InChI is InChI=1S/C28H33F3N8O/c1-32-25-34-26(38-16-14-37(2)15-17-38)36-27(35-25)39-13-5-7-20-18-21(9-10-23(20)39)24(40)33-12-11-19-6-3-4-8-22(19)28(29,30)31/h3-4,6,8-10,18H,5,7,11-17H2,1-2H3,(H,33,40)(H,32,34,35,36). The number of hydrogen-bond donors (Lipinski definition) is 2. The molecule has 2 aliphatic rings. The van der Waals surface area contributed by atoms with Crippen molar-refractivity contribution in [3.05, 3.63) is 64.7 Å². The molecular formula is C28H33F3N8O. The minimum atomic E-state index is -4.43. The molecule has 0 saturated carbocycles. The van der Waals surface area contributed by atoms with Gasteiger partial charge < -0.3 is 25.3 Å². The van der Waals surface area contributed by atoms with Crippen molar-refractivity contribution in [3.8, 4) is 0 Å². The monoisotopic (exact) mass is 554 g/mol. The van der Waals surface area contributed by atoms with Gasteiger partial charge in [0.15, 0.2) is 0 Å². The molecule has 0 spiro atoms. The number of anilines is 4. The summed E-state index contributed by atoms with van der Waals surface area (Å²) in [7, 11) is 3.88. The van der Waals surface area contributed by atoms with E-state index in [0.29, 0.717) is 23.4 Å². The molecule has 5 rings (SSSR count). The van der Waals surface area contributed by atoms with Crippen LogP contribution in [0.5, 0.6) is 0 Å². The lowest BCUT2D eigenvalue weighted by Crippen LogP contribution is -2.45. The van der Waals surface area contributed by atoms with Crippen LogP contribution in [0.15, 0.2) is 42.5 Å². The molecule has 2 N–H and O–H groups in total. The highest BCUT2D eigenvalue weighted by molar-refractivity contribution is 5.95. The normalized spacial score (nSPS) is 16.0. The Morgan fingerprint density at radius 1 is 0.975 bits per heavy atom. The number of halogens is 3. The molecule has 1 saturated heterocycles. The number of benzene rings is 2. The van der Waals surface area contributed by atoms with E-state index < -0.39 is 11.7 Å². The van der Waals surface area contributed by atoms with Crippen molar-refractivity contribution in [2.75, 3.05) is 68.5 Å². The van der Waals surface area contributed by atoms with Crippen LogP contribution in [0.1, 0.15) is 33.5 Å². The minimum Gasteiger partial charge on any atom is -0.357 e. The van der Waals surface area contributed by atoms with Crippen LogP contribution < -0.4 is 20.4 Å². The molecule has 0 aliphatic carbocycles. The zero-order valence-corrected chi connectivity index (χ0v) is 22.6. The Morgan fingerprint density at radius 3 is 2.48 bits per heavy atom. The van der Waals surface area contributed by atoms with Crippen LogP contribution in [0.25, 0.3) is 0 Å². The molecule has 40 heavy (non-hydrogen) atoms. The van der Waals surface area contributed by atoms with Crippen LogP contribution in [-0.4, -0.2) is 79.1 Å². The molecule has 212 valence electrons. The van der Waals surface area contributed by atoms with E-state index in [1.165, 1.54) is 12.1 Å². The minimum absolute atomic E-state index is 0.0863. The first-order chi connectivity index (χ1) is 19.2. The zero-order chi connectivity index (χ0) is 28.3. The molecule has 12 heteroatoms. The number of piperazine rings is 1. The molecule has 9 nitrogen and oxygen atoms in total. The maximum Gasteiger partial charge on any atom is 0.416 e. The highest BCUT2D eigenvalue weighted by Crippen LogP contribution is 2.34. The van der Waals surface area contributed by atoms with Gasteiger partial charge in [-0.05, 0) is 61.7 Å². The van der Waals surface area contributed by atoms with Crippen molar-refractivity contribution in [2.24, 2.45) is 0 Å². The third-order valence-corrected chi connectivity index (χ3v) is 7.33. The first-order valence-electron chi connectivity index (χ1n) is 13.4. The van der Waals surface area contributed by atoms with E-state index in [9.17, 15) is 18.0 Å². The smallest absolute Gasteiger partial charge is 0.357 e. The summed E-state index contributed by atoms with van der Waals surface area (Å²) in [6.45, 7) is 4.36. The number of fused-ring (bicyclic) bond motifs is 1. The largest absolute Gasteiger partial charge is 0.416 e. The number of hydrogen-bond acceptors (Lipinski definition) is 8. The summed E-state index contributed by atoms with van der Waals surface area (Å²) in [6, 6.07) is 10.9. The number of carbonyl (C=O) groups is 1. The van der Waals surface area contributed by atoms with Crippen molar-refractivity contribution in [2.45, 2.75) is 25.4 Å². The lowest BCUT2D eigenvalue weighted by molar-refractivity contribution is -0.138. The molecule has 0 radical (unpaired) electrons. The van der Waals surface area contributed by atoms with E-state index in [0.717, 1.165) is 62.9 Å². The van der Waals surface area contributed by atoms with Gasteiger partial charge in [0, 0.05) is 57.6 Å². The highest BCUT2D eigenvalue weighted by Gasteiger charge is 2.32. The Hall–Kier alpha value is -3.93. The molecule has 2 aliphatic heterocycles. The average Bonchev–Trinajstić information content (AvgIpc) is 2.96. The van der Waals surface area contributed by atoms with Gasteiger partial charge in [0.25, 0.3) is 5.91 Å². The van der Waals surface area contributed by atoms with Crippen molar-refractivity contribution in [3.63, 3.8) is 0 Å². The number of carbonyl (C=O) groups excluding carboxylic acids is 1. The number of likely N-dealkylation sites (N-methyl/N-ethyl adjacent to an activating group) is 1. The first-order valence-corrected chi connectivity index (χ1v) is 13.4. The summed E-state index contributed by atoms with van der Waals surface area (Å²) in [4.78, 5) is 33.4. The topological polar surface area (TPSA) is 89.5 Å². The fraction of sp³-hybridized carbons (Fsp3) is 0.429. The molecule has 1 aromatic heterocycles. The van der Waals surface area contributed by atoms with Gasteiger partial charge in [-0.25, -0.2) is 0 Å². The van der Waals surface area contributed by atoms with Gasteiger partial charge in [0.1, 0.15) is 0 Å². The molecule has 3 heterocycles. The second kappa shape index (κ2) is 11.7. The summed E-state index contributed by atoms with van der Waals surface area (Å²) in [5, 5.41) is 5.81. The number of aryl methyl sites for hydroxylation is 1. The molecule has 1 amide bonds. The first kappa shape index (κ1) is 27.6. The van der Waals surface area contributed by atoms with E-state index in [1.807, 2.05) is 12.1 Å². The van der Waals surface area contributed by atoms with Crippen LogP contribution in [0.2, 0.25) is 0 Å². The Morgan fingerprint density at radius 2 is 1.73 bits per heavy atom. The van der Waals surface area contributed by atoms with Gasteiger partial charge in [-0.2, -0.15) is 28.1 Å². The van der Waals surface area contributed by atoms with E-state index >= 15 is 0 Å². The molecule has 2 aromatic carbocycles. The fourth-order valence-electron chi connectivity index (χ4n) is 5.11. The van der Waals surface area contributed by atoms with E-state index in [2.05, 4.69) is 42.3 Å². The summed E-state index contributed by atoms with van der Waals surface area (Å²) in [5.41, 5.74) is 1.88. The van der Waals surface area contributed by atoms with Crippen molar-refractivity contribution in [1.82, 2.24) is 25.2 Å². The van der Waals surface area contributed by atoms with Crippen LogP contribution in [0.3, 0.4) is 0 Å². The average molecular weight is 555 g/mol. The van der Waals surface area contributed by atoms with E-state index in [1.54, 1.807) is 19.2 Å². The SMILES string of the molecule is CNc1nc(N2CCN(C)CC2)nc(N2CCCc3cc(C(=O)NCCc4ccccc4C(F)(F)F)ccc32)n1. The lowest BCUT2D eigenvalue weighted by Gasteiger charge is -2.34. The van der Waals surface area contributed by atoms with Gasteiger partial charge in [0.05, 0.1) is 5.56 Å². The lowest BCUT2D eigenvalue weighted by atomic mass is 9.99. The summed E-state index contributed by atoms with van der Waals surface area (Å²) in [6.07, 6.45) is -2.69. The Kier molecular flexibility index (Phi) is 8.06. The Labute approximate surface area is 231 Å². The Balaban J connectivity index is 1.30. The van der Waals surface area contributed by atoms with E-state index in [4.69, 9.17) is 4.98 Å². The number of rotatable bonds is 7. The number of nitrogens with zero attached hydrogens (tertiary/aromatic N) is 6. The fourth-order valence-corrected chi connectivity index (χ4v) is 5.11. The van der Waals surface area contributed by atoms with Crippen LogP contribution in [0, 0.1) is 0 Å². The maximum atomic E-state index is 13.3. The number of nitrogens with one attached hydrogen (secondary N) is 2. The van der Waals surface area contributed by atoms with Crippen LogP contribution >= 0.6 is 0 Å². The van der Waals surface area contributed by atoms with Crippen LogP contribution in [0.4, 0.5) is 36.7 Å². The van der Waals surface area contributed by atoms with Gasteiger partial charge in [-0.1, -0.05) is 18.2 Å². The third kappa shape index (κ3) is 6.11. The third-order valence-electron chi connectivity index (χ3n) is 7.33. The number of amides is 1. The van der Waals surface area contributed by atoms with Crippen LogP contribution in [-0.2, 0) is 19.0 Å². The van der Waals surface area contributed by atoms with Crippen molar-refractivity contribution >= 4 is 29.4 Å². The quantitative estimate of drug-likeness (QED) is 0.457. The van der Waals surface area contributed by atoms with Crippen molar-refractivity contribution < 1.29 is 18.0 Å². The summed E-state index contributed by atoms with van der Waals surface area (Å²) in [5.74, 6) is 1.36. The predicted molar refractivity (Wildman–Crippen MR) is 148 cm³/mol.